The second-order valence-electron chi connectivity index (χ2n) is 9.20. The number of carbonyl (C=O) groups excluding carboxylic acids is 1. The Morgan fingerprint density at radius 2 is 2.04 bits per heavy atom. The quantitative estimate of drug-likeness (QED) is 0.845. The van der Waals surface area contributed by atoms with Crippen LogP contribution in [0.4, 0.5) is 0 Å². The summed E-state index contributed by atoms with van der Waals surface area (Å²) >= 11 is 0. The Kier molecular flexibility index (Phi) is 3.39. The van der Waals surface area contributed by atoms with Gasteiger partial charge >= 0.3 is 0 Å². The van der Waals surface area contributed by atoms with Crippen molar-refractivity contribution in [1.82, 2.24) is 0 Å². The second kappa shape index (κ2) is 4.92. The van der Waals surface area contributed by atoms with Gasteiger partial charge in [0.05, 0.1) is 12.7 Å². The highest BCUT2D eigenvalue weighted by Crippen LogP contribution is 2.69. The molecule has 4 rings (SSSR count). The largest absolute Gasteiger partial charge is 0.395 e. The van der Waals surface area contributed by atoms with Gasteiger partial charge in [0.25, 0.3) is 0 Å². The summed E-state index contributed by atoms with van der Waals surface area (Å²) in [5.41, 5.74) is 2.66. The van der Waals surface area contributed by atoms with Gasteiger partial charge < -0.3 is 9.84 Å². The van der Waals surface area contributed by atoms with Crippen LogP contribution in [-0.2, 0) is 9.53 Å². The number of hydrogen-bond donors (Lipinski definition) is 1. The minimum Gasteiger partial charge on any atom is -0.395 e. The van der Waals surface area contributed by atoms with Gasteiger partial charge in [-0.15, -0.1) is 0 Å². The van der Waals surface area contributed by atoms with Crippen LogP contribution < -0.4 is 0 Å². The van der Waals surface area contributed by atoms with Crippen LogP contribution in [0.2, 0.25) is 0 Å². The Balaban J connectivity index is 1.85. The molecule has 4 aliphatic carbocycles. The molecule has 0 radical (unpaired) electrons. The minimum atomic E-state index is -0.304. The number of hydrogen-bond acceptors (Lipinski definition) is 3. The monoisotopic (exact) mass is 318 g/mol. The zero-order valence-electron chi connectivity index (χ0n) is 14.8. The Morgan fingerprint density at radius 3 is 2.74 bits per heavy atom. The van der Waals surface area contributed by atoms with Crippen LogP contribution in [0, 0.1) is 22.2 Å². The van der Waals surface area contributed by atoms with Crippen LogP contribution in [0.25, 0.3) is 0 Å². The first-order chi connectivity index (χ1) is 10.9. The molecule has 4 aliphatic rings. The van der Waals surface area contributed by atoms with Gasteiger partial charge in [0.2, 0.25) is 0 Å². The van der Waals surface area contributed by atoms with E-state index in [0.717, 1.165) is 31.3 Å². The first-order valence-corrected chi connectivity index (χ1v) is 9.29. The number of aliphatic hydroxyl groups excluding tert-OH is 1. The standard InChI is InChI=1S/C20H30O3/c1-18-7-8-20(11-18)13(10-16(18)23-3)9-15(22)17-14(20)5-4-6-19(17,2)12-21/h13,16,21H,4-12H2,1-3H3/t13-,16-,18-,19-,20-/m0/s1. The lowest BCUT2D eigenvalue weighted by molar-refractivity contribution is -0.124. The molecule has 2 bridgehead atoms. The van der Waals surface area contributed by atoms with Crippen molar-refractivity contribution in [3.05, 3.63) is 11.1 Å². The fraction of sp³-hybridized carbons (Fsp3) is 0.850. The third-order valence-electron chi connectivity index (χ3n) is 7.92. The highest BCUT2D eigenvalue weighted by molar-refractivity contribution is 5.99. The lowest BCUT2D eigenvalue weighted by Gasteiger charge is -2.54. The van der Waals surface area contributed by atoms with Crippen molar-refractivity contribution in [3.63, 3.8) is 0 Å². The van der Waals surface area contributed by atoms with Gasteiger partial charge in [-0.05, 0) is 61.7 Å². The van der Waals surface area contributed by atoms with Crippen molar-refractivity contribution in [2.24, 2.45) is 22.2 Å². The summed E-state index contributed by atoms with van der Waals surface area (Å²) in [6.07, 6.45) is 8.73. The topological polar surface area (TPSA) is 46.5 Å². The van der Waals surface area contributed by atoms with E-state index in [0.29, 0.717) is 24.2 Å². The lowest BCUT2D eigenvalue weighted by atomic mass is 9.50. The van der Waals surface area contributed by atoms with Crippen LogP contribution in [0.1, 0.15) is 65.2 Å². The van der Waals surface area contributed by atoms with Crippen molar-refractivity contribution < 1.29 is 14.6 Å². The molecule has 0 unspecified atom stereocenters. The molecule has 2 saturated carbocycles. The maximum atomic E-state index is 13.0. The van der Waals surface area contributed by atoms with E-state index >= 15 is 0 Å². The first kappa shape index (κ1) is 15.8. The summed E-state index contributed by atoms with van der Waals surface area (Å²) < 4.78 is 5.84. The normalized spacial score (nSPS) is 49.1. The smallest absolute Gasteiger partial charge is 0.159 e. The number of allylic oxidation sites excluding steroid dienone is 1. The number of ketones is 1. The molecule has 0 aromatic carbocycles. The summed E-state index contributed by atoms with van der Waals surface area (Å²) in [6, 6.07) is 0. The highest BCUT2D eigenvalue weighted by atomic mass is 16.5. The van der Waals surface area contributed by atoms with E-state index in [-0.39, 0.29) is 22.9 Å². The summed E-state index contributed by atoms with van der Waals surface area (Å²) in [5, 5.41) is 9.99. The van der Waals surface area contributed by atoms with Crippen molar-refractivity contribution in [3.8, 4) is 0 Å². The number of rotatable bonds is 2. The summed E-state index contributed by atoms with van der Waals surface area (Å²) in [7, 11) is 1.83. The second-order valence-corrected chi connectivity index (χ2v) is 9.20. The molecule has 3 nitrogen and oxygen atoms in total. The van der Waals surface area contributed by atoms with Gasteiger partial charge in [0.1, 0.15) is 0 Å². The van der Waals surface area contributed by atoms with Crippen molar-refractivity contribution in [2.75, 3.05) is 13.7 Å². The molecule has 0 amide bonds. The average molecular weight is 318 g/mol. The Bertz CT molecular complexity index is 579. The zero-order chi connectivity index (χ0) is 16.5. The van der Waals surface area contributed by atoms with Gasteiger partial charge in [0, 0.05) is 24.5 Å². The highest BCUT2D eigenvalue weighted by Gasteiger charge is 2.62. The van der Waals surface area contributed by atoms with Gasteiger partial charge in [-0.2, -0.15) is 0 Å². The van der Waals surface area contributed by atoms with E-state index in [1.54, 1.807) is 0 Å². The number of aliphatic hydroxyl groups is 1. The predicted octanol–water partition coefficient (Wildman–Crippen LogP) is 3.65. The Morgan fingerprint density at radius 1 is 1.26 bits per heavy atom. The third-order valence-corrected chi connectivity index (χ3v) is 7.92. The van der Waals surface area contributed by atoms with E-state index in [1.165, 1.54) is 24.8 Å². The summed E-state index contributed by atoms with van der Waals surface area (Å²) in [4.78, 5) is 13.0. The molecule has 0 saturated heterocycles. The number of carbonyl (C=O) groups is 1. The summed E-state index contributed by atoms with van der Waals surface area (Å²) in [5.74, 6) is 0.771. The van der Waals surface area contributed by atoms with Crippen LogP contribution in [0.3, 0.4) is 0 Å². The molecule has 5 atom stereocenters. The van der Waals surface area contributed by atoms with E-state index < -0.39 is 0 Å². The van der Waals surface area contributed by atoms with Crippen LogP contribution in [-0.4, -0.2) is 30.7 Å². The van der Waals surface area contributed by atoms with E-state index in [9.17, 15) is 9.90 Å². The molecule has 128 valence electrons. The van der Waals surface area contributed by atoms with E-state index in [1.807, 2.05) is 7.11 Å². The first-order valence-electron chi connectivity index (χ1n) is 9.29. The number of Topliss-reactive ketones (excluding diaryl/α,β-unsaturated/α-hetero) is 1. The molecule has 2 fully saturated rings. The van der Waals surface area contributed by atoms with Crippen molar-refractivity contribution in [1.29, 1.82) is 0 Å². The van der Waals surface area contributed by atoms with Crippen molar-refractivity contribution >= 4 is 5.78 Å². The number of fused-ring (bicyclic) bond motifs is 1. The third kappa shape index (κ3) is 1.93. The van der Waals surface area contributed by atoms with Crippen LogP contribution in [0.15, 0.2) is 11.1 Å². The van der Waals surface area contributed by atoms with Crippen LogP contribution >= 0.6 is 0 Å². The molecular formula is C20H30O3. The van der Waals surface area contributed by atoms with Gasteiger partial charge in [-0.25, -0.2) is 0 Å². The maximum Gasteiger partial charge on any atom is 0.159 e. The van der Waals surface area contributed by atoms with Crippen molar-refractivity contribution in [2.45, 2.75) is 71.3 Å². The molecule has 1 spiro atoms. The molecule has 1 N–H and O–H groups in total. The number of ether oxygens (including phenoxy) is 1. The molecule has 0 aliphatic heterocycles. The SMILES string of the molecule is CO[C@H]1C[C@@H]2CC(=O)C3=C(CCC[C@@]3(C)CO)[C@]23CC[C@@]1(C)C3. The molecule has 0 aromatic heterocycles. The Hall–Kier alpha value is -0.670. The summed E-state index contributed by atoms with van der Waals surface area (Å²) in [6.45, 7) is 4.60. The van der Waals surface area contributed by atoms with Crippen LogP contribution in [0.5, 0.6) is 0 Å². The fourth-order valence-corrected chi connectivity index (χ4v) is 6.72. The predicted molar refractivity (Wildman–Crippen MR) is 89.0 cm³/mol. The van der Waals surface area contributed by atoms with E-state index in [2.05, 4.69) is 13.8 Å². The lowest BCUT2D eigenvalue weighted by Crippen LogP contribution is -2.50. The average Bonchev–Trinajstić information content (AvgIpc) is 2.84. The molecule has 23 heavy (non-hydrogen) atoms. The minimum absolute atomic E-state index is 0.107. The van der Waals surface area contributed by atoms with Gasteiger partial charge in [-0.1, -0.05) is 19.4 Å². The number of methoxy groups -OCH3 is 1. The van der Waals surface area contributed by atoms with Gasteiger partial charge in [0.15, 0.2) is 5.78 Å². The molecule has 0 heterocycles. The van der Waals surface area contributed by atoms with Gasteiger partial charge in [-0.3, -0.25) is 4.79 Å². The maximum absolute atomic E-state index is 13.0. The zero-order valence-corrected chi connectivity index (χ0v) is 14.8. The molecular weight excluding hydrogens is 288 g/mol. The Labute approximate surface area is 139 Å². The van der Waals surface area contributed by atoms with E-state index in [4.69, 9.17) is 4.74 Å². The molecule has 3 heteroatoms. The fourth-order valence-electron chi connectivity index (χ4n) is 6.72. The molecule has 0 aromatic rings.